The first-order valence-electron chi connectivity index (χ1n) is 8.82. The number of non-ortho nitro benzene ring substituents is 1. The molecule has 0 amide bonds. The van der Waals surface area contributed by atoms with Gasteiger partial charge in [-0.3, -0.25) is 10.1 Å². The SMILES string of the molecule is CC1(C)CCCN(c2ccc([N+](=O)[O-])cc2S(=O)(=O)N2CCOCC2)C1. The molecule has 2 fully saturated rings. The van der Waals surface area contributed by atoms with Gasteiger partial charge in [-0.2, -0.15) is 4.31 Å². The maximum absolute atomic E-state index is 13.2. The van der Waals surface area contributed by atoms with Crippen LogP contribution in [0.3, 0.4) is 0 Å². The smallest absolute Gasteiger partial charge is 0.270 e. The second-order valence-electron chi connectivity index (χ2n) is 7.61. The molecule has 0 unspecified atom stereocenters. The number of hydrogen-bond donors (Lipinski definition) is 0. The summed E-state index contributed by atoms with van der Waals surface area (Å²) in [6.07, 6.45) is 2.03. The van der Waals surface area contributed by atoms with E-state index in [0.717, 1.165) is 25.9 Å². The van der Waals surface area contributed by atoms with Crippen LogP contribution in [0.15, 0.2) is 23.1 Å². The van der Waals surface area contributed by atoms with E-state index in [4.69, 9.17) is 4.74 Å². The molecule has 2 heterocycles. The average molecular weight is 383 g/mol. The van der Waals surface area contributed by atoms with Crippen LogP contribution in [0.25, 0.3) is 0 Å². The molecule has 2 aliphatic heterocycles. The molecule has 0 aliphatic carbocycles. The summed E-state index contributed by atoms with van der Waals surface area (Å²) in [5, 5.41) is 11.2. The number of rotatable bonds is 4. The zero-order valence-electron chi connectivity index (χ0n) is 15.2. The maximum Gasteiger partial charge on any atom is 0.270 e. The highest BCUT2D eigenvalue weighted by molar-refractivity contribution is 7.89. The predicted octanol–water partition coefficient (Wildman–Crippen LogP) is 2.24. The number of hydrogen-bond acceptors (Lipinski definition) is 6. The summed E-state index contributed by atoms with van der Waals surface area (Å²) >= 11 is 0. The highest BCUT2D eigenvalue weighted by Crippen LogP contribution is 2.37. The Morgan fingerprint density at radius 3 is 2.50 bits per heavy atom. The molecule has 0 bridgehead atoms. The van der Waals surface area contributed by atoms with Gasteiger partial charge in [0.15, 0.2) is 0 Å². The van der Waals surface area contributed by atoms with Gasteiger partial charge in [0.2, 0.25) is 10.0 Å². The van der Waals surface area contributed by atoms with Gasteiger partial charge >= 0.3 is 0 Å². The van der Waals surface area contributed by atoms with Crippen LogP contribution in [0.5, 0.6) is 0 Å². The Balaban J connectivity index is 2.06. The first-order valence-corrected chi connectivity index (χ1v) is 10.3. The summed E-state index contributed by atoms with van der Waals surface area (Å²) in [5.41, 5.74) is 0.409. The van der Waals surface area contributed by atoms with Crippen molar-refractivity contribution in [3.63, 3.8) is 0 Å². The maximum atomic E-state index is 13.2. The number of ether oxygens (including phenoxy) is 1. The number of benzene rings is 1. The fourth-order valence-electron chi connectivity index (χ4n) is 3.64. The van der Waals surface area contributed by atoms with Crippen LogP contribution >= 0.6 is 0 Å². The number of nitrogens with zero attached hydrogens (tertiary/aromatic N) is 3. The van der Waals surface area contributed by atoms with Crippen LogP contribution in [0.1, 0.15) is 26.7 Å². The lowest BCUT2D eigenvalue weighted by Crippen LogP contribution is -2.43. The molecule has 26 heavy (non-hydrogen) atoms. The van der Waals surface area contributed by atoms with Crippen molar-refractivity contribution in [1.82, 2.24) is 4.31 Å². The van der Waals surface area contributed by atoms with Crippen molar-refractivity contribution >= 4 is 21.4 Å². The van der Waals surface area contributed by atoms with Crippen LogP contribution in [0.2, 0.25) is 0 Å². The molecule has 9 heteroatoms. The van der Waals surface area contributed by atoms with Crippen LogP contribution in [-0.4, -0.2) is 57.0 Å². The zero-order chi connectivity index (χ0) is 18.9. The van der Waals surface area contributed by atoms with E-state index < -0.39 is 14.9 Å². The Hall–Kier alpha value is -1.71. The molecule has 0 N–H and O–H groups in total. The minimum absolute atomic E-state index is 0.0197. The number of nitro groups is 1. The molecule has 1 aromatic carbocycles. The van der Waals surface area contributed by atoms with Gasteiger partial charge in [-0.25, -0.2) is 8.42 Å². The molecule has 144 valence electrons. The number of nitro benzene ring substituents is 1. The molecule has 1 aromatic rings. The molecule has 3 rings (SSSR count). The van der Waals surface area contributed by atoms with Crippen molar-refractivity contribution in [3.05, 3.63) is 28.3 Å². The third-order valence-electron chi connectivity index (χ3n) is 4.98. The molecule has 8 nitrogen and oxygen atoms in total. The van der Waals surface area contributed by atoms with Crippen LogP contribution in [-0.2, 0) is 14.8 Å². The van der Waals surface area contributed by atoms with Gasteiger partial charge in [0.25, 0.3) is 5.69 Å². The molecule has 0 atom stereocenters. The number of morpholine rings is 1. The van der Waals surface area contributed by atoms with Crippen molar-refractivity contribution in [2.45, 2.75) is 31.6 Å². The highest BCUT2D eigenvalue weighted by Gasteiger charge is 2.34. The molecule has 2 saturated heterocycles. The molecule has 0 spiro atoms. The van der Waals surface area contributed by atoms with Crippen LogP contribution in [0, 0.1) is 15.5 Å². The summed E-state index contributed by atoms with van der Waals surface area (Å²) in [6, 6.07) is 4.16. The molecular weight excluding hydrogens is 358 g/mol. The lowest BCUT2D eigenvalue weighted by atomic mass is 9.84. The largest absolute Gasteiger partial charge is 0.379 e. The Bertz CT molecular complexity index is 788. The second kappa shape index (κ2) is 7.13. The monoisotopic (exact) mass is 383 g/mol. The van der Waals surface area contributed by atoms with Crippen LogP contribution in [0.4, 0.5) is 11.4 Å². The molecule has 2 aliphatic rings. The van der Waals surface area contributed by atoms with Crippen molar-refractivity contribution in [1.29, 1.82) is 0 Å². The number of anilines is 1. The van der Waals surface area contributed by atoms with E-state index in [2.05, 4.69) is 13.8 Å². The van der Waals surface area contributed by atoms with E-state index in [-0.39, 0.29) is 29.1 Å². The first-order chi connectivity index (χ1) is 12.2. The fourth-order valence-corrected chi connectivity index (χ4v) is 5.28. The number of sulfonamides is 1. The lowest BCUT2D eigenvalue weighted by molar-refractivity contribution is -0.385. The second-order valence-corrected chi connectivity index (χ2v) is 9.52. The molecule has 0 saturated carbocycles. The fraction of sp³-hybridized carbons (Fsp3) is 0.647. The third kappa shape index (κ3) is 3.84. The van der Waals surface area contributed by atoms with E-state index in [1.807, 2.05) is 4.90 Å². The van der Waals surface area contributed by atoms with Crippen molar-refractivity contribution in [2.75, 3.05) is 44.3 Å². The normalized spacial score (nSPS) is 21.5. The Morgan fingerprint density at radius 1 is 1.19 bits per heavy atom. The van der Waals surface area contributed by atoms with Gasteiger partial charge in [0.1, 0.15) is 4.90 Å². The third-order valence-corrected chi connectivity index (χ3v) is 6.91. The summed E-state index contributed by atoms with van der Waals surface area (Å²) in [5.74, 6) is 0. The summed E-state index contributed by atoms with van der Waals surface area (Å²) in [7, 11) is -3.83. The predicted molar refractivity (Wildman–Crippen MR) is 97.9 cm³/mol. The quantitative estimate of drug-likeness (QED) is 0.585. The van der Waals surface area contributed by atoms with Crippen LogP contribution < -0.4 is 4.90 Å². The van der Waals surface area contributed by atoms with Crippen molar-refractivity contribution in [3.8, 4) is 0 Å². The van der Waals surface area contributed by atoms with Gasteiger partial charge < -0.3 is 9.64 Å². The van der Waals surface area contributed by atoms with E-state index in [0.29, 0.717) is 18.9 Å². The van der Waals surface area contributed by atoms with Gasteiger partial charge in [-0.1, -0.05) is 13.8 Å². The van der Waals surface area contributed by atoms with Crippen molar-refractivity contribution in [2.24, 2.45) is 5.41 Å². The van der Waals surface area contributed by atoms with E-state index >= 15 is 0 Å². The summed E-state index contributed by atoms with van der Waals surface area (Å²) in [6.45, 7) is 6.96. The minimum atomic E-state index is -3.83. The Labute approximate surface area is 153 Å². The van der Waals surface area contributed by atoms with E-state index in [1.165, 1.54) is 16.4 Å². The molecule has 0 radical (unpaired) electrons. The summed E-state index contributed by atoms with van der Waals surface area (Å²) in [4.78, 5) is 12.7. The van der Waals surface area contributed by atoms with Gasteiger partial charge in [0, 0.05) is 38.3 Å². The zero-order valence-corrected chi connectivity index (χ0v) is 16.0. The standard InChI is InChI=1S/C17H25N3O5S/c1-17(2)6-3-7-18(13-17)15-5-4-14(20(21)22)12-16(15)26(23,24)19-8-10-25-11-9-19/h4-5,12H,3,6-11,13H2,1-2H3. The molecular formula is C17H25N3O5S. The van der Waals surface area contributed by atoms with E-state index in [1.54, 1.807) is 6.07 Å². The van der Waals surface area contributed by atoms with Crippen molar-refractivity contribution < 1.29 is 18.1 Å². The summed E-state index contributed by atoms with van der Waals surface area (Å²) < 4.78 is 33.0. The van der Waals surface area contributed by atoms with E-state index in [9.17, 15) is 18.5 Å². The van der Waals surface area contributed by atoms with Gasteiger partial charge in [-0.15, -0.1) is 0 Å². The highest BCUT2D eigenvalue weighted by atomic mass is 32.2. The first kappa shape index (κ1) is 19.1. The topological polar surface area (TPSA) is 93.0 Å². The van der Waals surface area contributed by atoms with Gasteiger partial charge in [0.05, 0.1) is 23.8 Å². The number of piperidine rings is 1. The Kier molecular flexibility index (Phi) is 5.23. The average Bonchev–Trinajstić information content (AvgIpc) is 2.61. The minimum Gasteiger partial charge on any atom is -0.379 e. The Morgan fingerprint density at radius 2 is 1.88 bits per heavy atom. The molecule has 0 aromatic heterocycles. The lowest BCUT2D eigenvalue weighted by Gasteiger charge is -2.40. The van der Waals surface area contributed by atoms with Gasteiger partial charge in [-0.05, 0) is 24.3 Å².